The molecule has 9 heterocycles. The zero-order valence-corrected chi connectivity index (χ0v) is 58.6. The van der Waals surface area contributed by atoms with E-state index >= 15 is 52.7 Å². The minimum atomic E-state index is -1.63. The number of rotatable bonds is 10. The van der Waals surface area contributed by atoms with Gasteiger partial charge in [-0.05, 0) is 78.9 Å². The Balaban J connectivity index is 0.000000120. The van der Waals surface area contributed by atoms with Gasteiger partial charge in [0.1, 0.15) is 28.4 Å². The molecular formula is C90H48F12N12. The van der Waals surface area contributed by atoms with E-state index in [0.717, 1.165) is 0 Å². The Bertz CT molecular complexity index is 6520. The quantitative estimate of drug-likeness (QED) is 0.0980. The van der Waals surface area contributed by atoms with Crippen molar-refractivity contribution in [2.75, 3.05) is 0 Å². The zero-order valence-electron chi connectivity index (χ0n) is 58.6. The Kier molecular flexibility index (Phi) is 17.9. The summed E-state index contributed by atoms with van der Waals surface area (Å²) in [5.41, 5.74) is -0.991. The molecule has 0 radical (unpaired) electrons. The summed E-state index contributed by atoms with van der Waals surface area (Å²) in [7, 11) is 0. The lowest BCUT2D eigenvalue weighted by atomic mass is 10.1. The molecule has 0 saturated carbocycles. The average molecular weight is 1530 g/mol. The summed E-state index contributed by atoms with van der Waals surface area (Å²) in [5, 5.41) is 4.16. The molecule has 0 unspecified atom stereocenters. The van der Waals surface area contributed by atoms with Crippen LogP contribution in [0.25, 0.3) is 168 Å². The number of imidazole rings is 1. The molecule has 20 rings (SSSR count). The first-order chi connectivity index (χ1) is 55.6. The van der Waals surface area contributed by atoms with Crippen LogP contribution in [0.1, 0.15) is 0 Å². The van der Waals surface area contributed by atoms with Crippen LogP contribution in [0.3, 0.4) is 0 Å². The number of pyridine rings is 3. The van der Waals surface area contributed by atoms with Crippen molar-refractivity contribution in [3.05, 3.63) is 362 Å². The summed E-state index contributed by atoms with van der Waals surface area (Å²) >= 11 is 0. The molecule has 0 bridgehead atoms. The van der Waals surface area contributed by atoms with Crippen molar-refractivity contribution in [2.24, 2.45) is 0 Å². The fourth-order valence-corrected chi connectivity index (χ4v) is 14.4. The summed E-state index contributed by atoms with van der Waals surface area (Å²) in [4.78, 5) is 34.3. The fraction of sp³-hybridized carbons (Fsp3) is 0. The van der Waals surface area contributed by atoms with Gasteiger partial charge in [0.25, 0.3) is 0 Å². The van der Waals surface area contributed by atoms with Crippen LogP contribution in [0.4, 0.5) is 52.7 Å². The van der Waals surface area contributed by atoms with Crippen molar-refractivity contribution >= 4 is 71.1 Å². The molecule has 552 valence electrons. The molecule has 114 heavy (non-hydrogen) atoms. The van der Waals surface area contributed by atoms with Crippen molar-refractivity contribution in [1.82, 2.24) is 58.0 Å². The minimum absolute atomic E-state index is 0.0134. The van der Waals surface area contributed by atoms with Crippen molar-refractivity contribution in [2.45, 2.75) is 0 Å². The van der Waals surface area contributed by atoms with Crippen LogP contribution in [0.5, 0.6) is 0 Å². The molecule has 0 aliphatic rings. The van der Waals surface area contributed by atoms with Gasteiger partial charge >= 0.3 is 0 Å². The van der Waals surface area contributed by atoms with Gasteiger partial charge in [-0.1, -0.05) is 188 Å². The van der Waals surface area contributed by atoms with Gasteiger partial charge in [0.2, 0.25) is 0 Å². The first kappa shape index (κ1) is 70.7. The summed E-state index contributed by atoms with van der Waals surface area (Å²) in [6.45, 7) is 0. The number of para-hydroxylation sites is 6. The Hall–Kier alpha value is -14.9. The molecule has 12 nitrogen and oxygen atoms in total. The maximum Gasteiger partial charge on any atom is 0.186 e. The predicted octanol–water partition coefficient (Wildman–Crippen LogP) is 23.1. The summed E-state index contributed by atoms with van der Waals surface area (Å²) < 4.78 is 194. The standard InChI is InChI=1S/C33H18F4N4.C32H17F4N5.C25H13F4N3/c34-28-27(24-18-23(22-14-8-9-17-38-22)39-33(40-24)19-10-2-1-3-11-19)29(35)31(37)32(30(28)36)41-25-15-6-4-12-20(25)21-13-5-7-16-26(21)41;33-25-24(32-39-30(18-10-2-1-3-11-18)38-31(40-32)21-14-8-9-17-37-21)26(34)28(36)29(27(25)35)41-22-15-6-4-12-19(22)20-13-5-7-16-23(20)41;26-21-20(16-13-31-12-6-5-11-19(31)30-16)22(27)24(29)25(23(21)28)32-17-9-3-1-7-14(17)15-8-2-4-10-18(15)32/h1-18H;1-17H;1-13H. The number of nitrogens with zero attached hydrogens (tertiary/aromatic N) is 12. The highest BCUT2D eigenvalue weighted by Crippen LogP contribution is 2.44. The first-order valence-corrected chi connectivity index (χ1v) is 35.2. The van der Waals surface area contributed by atoms with Crippen molar-refractivity contribution in [3.8, 4) is 96.6 Å². The molecule has 0 aliphatic heterocycles. The molecule has 0 saturated heterocycles. The smallest absolute Gasteiger partial charge is 0.186 e. The minimum Gasteiger partial charge on any atom is -0.306 e. The van der Waals surface area contributed by atoms with E-state index in [-0.39, 0.29) is 40.2 Å². The highest BCUT2D eigenvalue weighted by molar-refractivity contribution is 6.11. The number of aromatic nitrogens is 12. The molecule has 0 spiro atoms. The Morgan fingerprint density at radius 2 is 0.535 bits per heavy atom. The molecule has 0 aliphatic carbocycles. The fourth-order valence-electron chi connectivity index (χ4n) is 14.4. The van der Waals surface area contributed by atoms with E-state index in [9.17, 15) is 0 Å². The van der Waals surface area contributed by atoms with Gasteiger partial charge in [-0.3, -0.25) is 9.97 Å². The van der Waals surface area contributed by atoms with Gasteiger partial charge in [0.05, 0.1) is 72.6 Å². The van der Waals surface area contributed by atoms with Crippen molar-refractivity contribution in [1.29, 1.82) is 0 Å². The zero-order chi connectivity index (χ0) is 78.2. The summed E-state index contributed by atoms with van der Waals surface area (Å²) in [6, 6.07) is 75.2. The average Bonchev–Trinajstić information content (AvgIpc) is 1.56. The third kappa shape index (κ3) is 11.9. The third-order valence-corrected chi connectivity index (χ3v) is 19.5. The maximum absolute atomic E-state index is 16.0. The van der Waals surface area contributed by atoms with Gasteiger partial charge in [-0.15, -0.1) is 0 Å². The second-order valence-corrected chi connectivity index (χ2v) is 26.1. The summed E-state index contributed by atoms with van der Waals surface area (Å²) in [6.07, 6.45) is 6.00. The normalized spacial score (nSPS) is 11.5. The second kappa shape index (κ2) is 28.8. The van der Waals surface area contributed by atoms with Crippen LogP contribution in [0.2, 0.25) is 0 Å². The van der Waals surface area contributed by atoms with Crippen molar-refractivity contribution < 1.29 is 52.7 Å². The van der Waals surface area contributed by atoms with Crippen LogP contribution in [-0.4, -0.2) is 58.0 Å². The van der Waals surface area contributed by atoms with Gasteiger partial charge in [-0.25, -0.2) is 82.6 Å². The Labute approximate surface area is 636 Å². The monoisotopic (exact) mass is 1520 g/mol. The van der Waals surface area contributed by atoms with E-state index in [1.54, 1.807) is 273 Å². The molecular weight excluding hydrogens is 1480 g/mol. The van der Waals surface area contributed by atoms with E-state index in [4.69, 9.17) is 0 Å². The molecule has 24 heteroatoms. The van der Waals surface area contributed by atoms with E-state index in [1.807, 2.05) is 0 Å². The van der Waals surface area contributed by atoms with Gasteiger partial charge in [-0.2, -0.15) is 0 Å². The largest absolute Gasteiger partial charge is 0.306 e. The molecule has 0 fully saturated rings. The van der Waals surface area contributed by atoms with Crippen LogP contribution in [0.15, 0.2) is 292 Å². The van der Waals surface area contributed by atoms with E-state index in [2.05, 4.69) is 39.9 Å². The van der Waals surface area contributed by atoms with E-state index in [1.165, 1.54) is 36.6 Å². The molecule has 11 aromatic carbocycles. The number of hydrogen-bond donors (Lipinski definition) is 0. The van der Waals surface area contributed by atoms with Crippen LogP contribution < -0.4 is 0 Å². The highest BCUT2D eigenvalue weighted by Gasteiger charge is 2.35. The van der Waals surface area contributed by atoms with Gasteiger partial charge in [0.15, 0.2) is 93.1 Å². The van der Waals surface area contributed by atoms with E-state index in [0.29, 0.717) is 87.9 Å². The molecule has 9 aromatic heterocycles. The number of halogens is 12. The van der Waals surface area contributed by atoms with Crippen LogP contribution in [-0.2, 0) is 0 Å². The second-order valence-electron chi connectivity index (χ2n) is 26.1. The van der Waals surface area contributed by atoms with Gasteiger partial charge < -0.3 is 18.1 Å². The Morgan fingerprint density at radius 3 is 0.921 bits per heavy atom. The van der Waals surface area contributed by atoms with E-state index < -0.39 is 109 Å². The lowest BCUT2D eigenvalue weighted by Crippen LogP contribution is -2.11. The Morgan fingerprint density at radius 1 is 0.219 bits per heavy atom. The third-order valence-electron chi connectivity index (χ3n) is 19.5. The topological polar surface area (TPSA) is 122 Å². The lowest BCUT2D eigenvalue weighted by Gasteiger charge is -2.15. The molecule has 0 amide bonds. The molecule has 0 N–H and O–H groups in total. The first-order valence-electron chi connectivity index (χ1n) is 35.2. The lowest BCUT2D eigenvalue weighted by molar-refractivity contribution is 0.453. The summed E-state index contributed by atoms with van der Waals surface area (Å²) in [5.74, 6) is -19.0. The van der Waals surface area contributed by atoms with Crippen LogP contribution in [0, 0.1) is 69.8 Å². The maximum atomic E-state index is 16.0. The molecule has 0 atom stereocenters. The molecule has 20 aromatic rings. The number of hydrogen-bond acceptors (Lipinski definition) is 8. The van der Waals surface area contributed by atoms with Crippen molar-refractivity contribution in [3.63, 3.8) is 0 Å². The van der Waals surface area contributed by atoms with Crippen LogP contribution >= 0.6 is 0 Å². The number of fused-ring (bicyclic) bond motifs is 10. The van der Waals surface area contributed by atoms with Gasteiger partial charge in [0, 0.05) is 68.2 Å². The highest BCUT2D eigenvalue weighted by atomic mass is 19.2. The SMILES string of the molecule is Fc1c(F)c(-n2c3ccccc3c3ccccc32)c(F)c(F)c1-c1cc(-c2ccccn2)nc(-c2ccccc2)n1.Fc1c(F)c(-n2c3ccccc3c3ccccc32)c(F)c(F)c1-c1cn2ccccc2n1.Fc1c(F)c(-n2c3ccccc3c3ccccc32)c(F)c(F)c1-c1nc(-c2ccccc2)nc(-c2ccccn2)n1. The number of benzene rings is 11. The predicted molar refractivity (Wildman–Crippen MR) is 413 cm³/mol.